The van der Waals surface area contributed by atoms with E-state index in [1.54, 1.807) is 43.0 Å². The molecule has 1 fully saturated rings. The van der Waals surface area contributed by atoms with Crippen LogP contribution in [0.5, 0.6) is 0 Å². The molecule has 0 saturated carbocycles. The standard InChI is InChI=1S/C23H32ClN5O4S/c1-15(2)34(31,32)19-11-7-6-10-18(19)27-20-17(24)13-25-21(28-20)26-16-9-8-12-29(14-16)22(30)33-23(3,4)5/h6-7,10-11,13,15-16H,8-9,12,14H2,1-5H3,(H2,25,26,27,28)/t16-/m1/s1. The van der Waals surface area contributed by atoms with Crippen LogP contribution in [0, 0.1) is 0 Å². The van der Waals surface area contributed by atoms with Gasteiger partial charge in [0.05, 0.1) is 22.0 Å². The zero-order chi connectivity index (χ0) is 25.1. The summed E-state index contributed by atoms with van der Waals surface area (Å²) in [5.74, 6) is 0.609. The van der Waals surface area contributed by atoms with E-state index in [0.29, 0.717) is 24.7 Å². The Kier molecular flexibility index (Phi) is 7.92. The van der Waals surface area contributed by atoms with E-state index in [1.807, 2.05) is 20.8 Å². The van der Waals surface area contributed by atoms with Crippen molar-refractivity contribution in [3.05, 3.63) is 35.5 Å². The molecule has 1 atom stereocenters. The molecule has 3 rings (SSSR count). The summed E-state index contributed by atoms with van der Waals surface area (Å²) in [5, 5.41) is 5.98. The summed E-state index contributed by atoms with van der Waals surface area (Å²) in [5.41, 5.74) is -0.173. The topological polar surface area (TPSA) is 114 Å². The summed E-state index contributed by atoms with van der Waals surface area (Å²) in [6, 6.07) is 6.57. The van der Waals surface area contributed by atoms with Gasteiger partial charge in [0.2, 0.25) is 5.95 Å². The Morgan fingerprint density at radius 2 is 1.97 bits per heavy atom. The van der Waals surface area contributed by atoms with Gasteiger partial charge in [0.15, 0.2) is 15.7 Å². The molecule has 1 aliphatic rings. The van der Waals surface area contributed by atoms with Gasteiger partial charge in [0.1, 0.15) is 10.6 Å². The number of para-hydroxylation sites is 1. The normalized spacial score (nSPS) is 16.9. The summed E-state index contributed by atoms with van der Waals surface area (Å²) in [6.45, 7) is 9.87. The lowest BCUT2D eigenvalue weighted by Crippen LogP contribution is -2.47. The molecule has 2 heterocycles. The number of carbonyl (C=O) groups excluding carboxylic acids is 1. The highest BCUT2D eigenvalue weighted by Crippen LogP contribution is 2.30. The number of nitrogens with zero attached hydrogens (tertiary/aromatic N) is 3. The second kappa shape index (κ2) is 10.4. The van der Waals surface area contributed by atoms with Crippen LogP contribution in [0.2, 0.25) is 5.02 Å². The lowest BCUT2D eigenvalue weighted by molar-refractivity contribution is 0.0206. The zero-order valence-electron chi connectivity index (χ0n) is 20.1. The van der Waals surface area contributed by atoms with Crippen LogP contribution in [0.15, 0.2) is 35.4 Å². The number of ether oxygens (including phenoxy) is 1. The Balaban J connectivity index is 1.76. The van der Waals surface area contributed by atoms with E-state index < -0.39 is 20.7 Å². The number of halogens is 1. The summed E-state index contributed by atoms with van der Waals surface area (Å²) in [6.07, 6.45) is 2.76. The monoisotopic (exact) mass is 509 g/mol. The first-order chi connectivity index (χ1) is 15.9. The molecule has 0 unspecified atom stereocenters. The third-order valence-electron chi connectivity index (χ3n) is 5.22. The van der Waals surface area contributed by atoms with Crippen molar-refractivity contribution in [1.82, 2.24) is 14.9 Å². The van der Waals surface area contributed by atoms with E-state index in [4.69, 9.17) is 16.3 Å². The van der Waals surface area contributed by atoms with E-state index in [9.17, 15) is 13.2 Å². The molecular weight excluding hydrogens is 478 g/mol. The average molecular weight is 510 g/mol. The first kappa shape index (κ1) is 26.0. The Bertz CT molecular complexity index is 1130. The minimum atomic E-state index is -3.51. The molecule has 0 aliphatic carbocycles. The molecule has 1 saturated heterocycles. The average Bonchev–Trinajstić information content (AvgIpc) is 2.75. The molecule has 9 nitrogen and oxygen atoms in total. The quantitative estimate of drug-likeness (QED) is 0.567. The largest absolute Gasteiger partial charge is 0.444 e. The molecule has 1 aromatic carbocycles. The van der Waals surface area contributed by atoms with E-state index in [2.05, 4.69) is 20.6 Å². The van der Waals surface area contributed by atoms with E-state index in [1.165, 1.54) is 6.20 Å². The Morgan fingerprint density at radius 1 is 1.26 bits per heavy atom. The molecule has 0 spiro atoms. The van der Waals surface area contributed by atoms with Crippen LogP contribution >= 0.6 is 11.6 Å². The molecule has 34 heavy (non-hydrogen) atoms. The third kappa shape index (κ3) is 6.50. The molecule has 11 heteroatoms. The molecule has 1 aromatic heterocycles. The highest BCUT2D eigenvalue weighted by molar-refractivity contribution is 7.92. The van der Waals surface area contributed by atoms with Gasteiger partial charge in [-0.1, -0.05) is 23.7 Å². The van der Waals surface area contributed by atoms with Crippen molar-refractivity contribution in [1.29, 1.82) is 0 Å². The van der Waals surface area contributed by atoms with Crippen molar-refractivity contribution in [2.45, 2.75) is 69.2 Å². The number of anilines is 3. The van der Waals surface area contributed by atoms with Gasteiger partial charge >= 0.3 is 6.09 Å². The van der Waals surface area contributed by atoms with Crippen molar-refractivity contribution in [2.75, 3.05) is 23.7 Å². The number of piperidine rings is 1. The van der Waals surface area contributed by atoms with E-state index in [0.717, 1.165) is 12.8 Å². The number of amides is 1. The fourth-order valence-corrected chi connectivity index (χ4v) is 4.83. The van der Waals surface area contributed by atoms with Crippen molar-refractivity contribution < 1.29 is 17.9 Å². The predicted octanol–water partition coefficient (Wildman–Crippen LogP) is 4.87. The lowest BCUT2D eigenvalue weighted by Gasteiger charge is -2.34. The number of likely N-dealkylation sites (tertiary alicyclic amines) is 1. The minimum absolute atomic E-state index is 0.0658. The number of carbonyl (C=O) groups is 1. The molecule has 0 bridgehead atoms. The van der Waals surface area contributed by atoms with Crippen molar-refractivity contribution in [3.63, 3.8) is 0 Å². The van der Waals surface area contributed by atoms with Crippen molar-refractivity contribution in [2.24, 2.45) is 0 Å². The van der Waals surface area contributed by atoms with Crippen LogP contribution in [0.4, 0.5) is 22.2 Å². The number of hydrogen-bond acceptors (Lipinski definition) is 8. The zero-order valence-corrected chi connectivity index (χ0v) is 21.7. The minimum Gasteiger partial charge on any atom is -0.444 e. The summed E-state index contributed by atoms with van der Waals surface area (Å²) in [7, 11) is -3.51. The second-order valence-corrected chi connectivity index (χ2v) is 12.4. The number of rotatable bonds is 6. The van der Waals surface area contributed by atoms with Gasteiger partial charge in [-0.05, 0) is 59.6 Å². The maximum Gasteiger partial charge on any atom is 0.410 e. The van der Waals surface area contributed by atoms with E-state index >= 15 is 0 Å². The highest BCUT2D eigenvalue weighted by atomic mass is 35.5. The van der Waals surface area contributed by atoms with Gasteiger partial charge in [0.25, 0.3) is 0 Å². The molecule has 1 amide bonds. The smallest absolute Gasteiger partial charge is 0.410 e. The van der Waals surface area contributed by atoms with Crippen LogP contribution in [0.3, 0.4) is 0 Å². The maximum atomic E-state index is 12.8. The third-order valence-corrected chi connectivity index (χ3v) is 7.70. The Labute approximate surface area is 206 Å². The molecular formula is C23H32ClN5O4S. The molecule has 2 N–H and O–H groups in total. The Morgan fingerprint density at radius 3 is 2.65 bits per heavy atom. The number of sulfone groups is 1. The first-order valence-electron chi connectivity index (χ1n) is 11.2. The van der Waals surface area contributed by atoms with Crippen LogP contribution < -0.4 is 10.6 Å². The molecule has 186 valence electrons. The first-order valence-corrected chi connectivity index (χ1v) is 13.2. The summed E-state index contributed by atoms with van der Waals surface area (Å²) < 4.78 is 31.0. The van der Waals surface area contributed by atoms with Gasteiger partial charge in [0, 0.05) is 19.1 Å². The fourth-order valence-electron chi connectivity index (χ4n) is 3.49. The summed E-state index contributed by atoms with van der Waals surface area (Å²) >= 11 is 6.31. The van der Waals surface area contributed by atoms with Gasteiger partial charge in [-0.2, -0.15) is 4.98 Å². The molecule has 2 aromatic rings. The van der Waals surface area contributed by atoms with Gasteiger partial charge < -0.3 is 20.3 Å². The van der Waals surface area contributed by atoms with Gasteiger partial charge in [-0.3, -0.25) is 0 Å². The fraction of sp³-hybridized carbons (Fsp3) is 0.522. The highest BCUT2D eigenvalue weighted by Gasteiger charge is 2.28. The number of benzene rings is 1. The lowest BCUT2D eigenvalue weighted by atomic mass is 10.1. The van der Waals surface area contributed by atoms with Crippen LogP contribution in [0.1, 0.15) is 47.5 Å². The summed E-state index contributed by atoms with van der Waals surface area (Å²) in [4.78, 5) is 23.0. The number of hydrogen-bond donors (Lipinski definition) is 2. The Hall–Kier alpha value is -2.59. The predicted molar refractivity (Wildman–Crippen MR) is 134 cm³/mol. The van der Waals surface area contributed by atoms with Crippen LogP contribution in [-0.2, 0) is 14.6 Å². The number of aromatic nitrogens is 2. The van der Waals surface area contributed by atoms with Crippen LogP contribution in [-0.4, -0.2) is 59.4 Å². The van der Waals surface area contributed by atoms with E-state index in [-0.39, 0.29) is 27.9 Å². The second-order valence-electron chi connectivity index (χ2n) is 9.51. The SMILES string of the molecule is CC(C)S(=O)(=O)c1ccccc1Nc1nc(N[C@@H]2CCCN(C(=O)OC(C)(C)C)C2)ncc1Cl. The van der Waals surface area contributed by atoms with Gasteiger partial charge in [-0.15, -0.1) is 0 Å². The van der Waals surface area contributed by atoms with Crippen LogP contribution in [0.25, 0.3) is 0 Å². The molecule has 0 radical (unpaired) electrons. The maximum absolute atomic E-state index is 12.8. The van der Waals surface area contributed by atoms with Crippen molar-refractivity contribution in [3.8, 4) is 0 Å². The van der Waals surface area contributed by atoms with Gasteiger partial charge in [-0.25, -0.2) is 18.2 Å². The number of nitrogens with one attached hydrogen (secondary N) is 2. The van der Waals surface area contributed by atoms with Crippen molar-refractivity contribution >= 4 is 45.0 Å². The molecule has 1 aliphatic heterocycles.